The molecule has 1 aromatic carbocycles. The zero-order valence-electron chi connectivity index (χ0n) is 10.6. The predicted molar refractivity (Wildman–Crippen MR) is 76.7 cm³/mol. The molecule has 18 heavy (non-hydrogen) atoms. The van der Waals surface area contributed by atoms with Gasteiger partial charge in [0.2, 0.25) is 5.91 Å². The van der Waals surface area contributed by atoms with Crippen molar-refractivity contribution in [2.75, 3.05) is 19.6 Å². The van der Waals surface area contributed by atoms with Crippen molar-refractivity contribution < 1.29 is 4.79 Å². The van der Waals surface area contributed by atoms with Crippen LogP contribution in [-0.2, 0) is 4.79 Å². The van der Waals surface area contributed by atoms with Crippen LogP contribution in [0.1, 0.15) is 18.9 Å². The van der Waals surface area contributed by atoms with Gasteiger partial charge in [-0.2, -0.15) is 0 Å². The fourth-order valence-corrected chi connectivity index (χ4v) is 1.53. The Kier molecular flexibility index (Phi) is 7.14. The molecule has 0 aliphatic carbocycles. The smallest absolute Gasteiger partial charge is 0.243 e. The van der Waals surface area contributed by atoms with Gasteiger partial charge >= 0.3 is 0 Å². The highest BCUT2D eigenvalue weighted by Gasteiger charge is 1.94. The Labute approximate surface area is 113 Å². The van der Waals surface area contributed by atoms with Crippen molar-refractivity contribution in [2.45, 2.75) is 13.3 Å². The minimum Gasteiger partial charge on any atom is -0.353 e. The number of hydrogen-bond donors (Lipinski definition) is 2. The number of hydrogen-bond acceptors (Lipinski definition) is 2. The minimum atomic E-state index is -0.0681. The molecule has 0 bridgehead atoms. The minimum absolute atomic E-state index is 0.0681. The zero-order valence-corrected chi connectivity index (χ0v) is 11.3. The van der Waals surface area contributed by atoms with Gasteiger partial charge in [0, 0.05) is 17.6 Å². The Bertz CT molecular complexity index is 387. The zero-order chi connectivity index (χ0) is 13.2. The second-order valence-corrected chi connectivity index (χ2v) is 4.32. The van der Waals surface area contributed by atoms with Gasteiger partial charge in [-0.25, -0.2) is 0 Å². The van der Waals surface area contributed by atoms with E-state index >= 15 is 0 Å². The molecule has 0 saturated carbocycles. The number of halogens is 1. The third-order valence-corrected chi connectivity index (χ3v) is 2.63. The maximum Gasteiger partial charge on any atom is 0.243 e. The lowest BCUT2D eigenvalue weighted by Crippen LogP contribution is -2.25. The van der Waals surface area contributed by atoms with Crippen LogP contribution in [0, 0.1) is 0 Å². The fraction of sp³-hybridized carbons (Fsp3) is 0.357. The summed E-state index contributed by atoms with van der Waals surface area (Å²) in [5.41, 5.74) is 0.960. The molecule has 0 fully saturated rings. The first-order valence-corrected chi connectivity index (χ1v) is 6.52. The summed E-state index contributed by atoms with van der Waals surface area (Å²) in [7, 11) is 0. The molecule has 0 aromatic heterocycles. The Morgan fingerprint density at radius 3 is 2.67 bits per heavy atom. The van der Waals surface area contributed by atoms with Gasteiger partial charge in [-0.3, -0.25) is 4.79 Å². The summed E-state index contributed by atoms with van der Waals surface area (Å²) >= 11 is 5.78. The molecule has 4 heteroatoms. The van der Waals surface area contributed by atoms with Crippen LogP contribution in [0.5, 0.6) is 0 Å². The second kappa shape index (κ2) is 8.72. The second-order valence-electron chi connectivity index (χ2n) is 3.88. The van der Waals surface area contributed by atoms with Crippen molar-refractivity contribution in [3.8, 4) is 0 Å². The first kappa shape index (κ1) is 14.7. The Morgan fingerprint density at radius 2 is 2.00 bits per heavy atom. The number of carbonyl (C=O) groups excluding carboxylic acids is 1. The lowest BCUT2D eigenvalue weighted by atomic mass is 10.2. The molecule has 2 N–H and O–H groups in total. The molecule has 0 aliphatic heterocycles. The Hall–Kier alpha value is -1.32. The SMILES string of the molecule is CCNCCCNC(=O)/C=C/c1ccc(Cl)cc1. The molecular weight excluding hydrogens is 248 g/mol. The molecule has 0 saturated heterocycles. The highest BCUT2D eigenvalue weighted by molar-refractivity contribution is 6.30. The van der Waals surface area contributed by atoms with Gasteiger partial charge in [-0.1, -0.05) is 30.7 Å². The topological polar surface area (TPSA) is 41.1 Å². The predicted octanol–water partition coefficient (Wildman–Crippen LogP) is 2.47. The van der Waals surface area contributed by atoms with Gasteiger partial charge < -0.3 is 10.6 Å². The Balaban J connectivity index is 2.25. The molecule has 3 nitrogen and oxygen atoms in total. The van der Waals surface area contributed by atoms with E-state index in [4.69, 9.17) is 11.6 Å². The van der Waals surface area contributed by atoms with Gasteiger partial charge in [-0.15, -0.1) is 0 Å². The third-order valence-electron chi connectivity index (χ3n) is 2.38. The molecule has 0 heterocycles. The van der Waals surface area contributed by atoms with Crippen LogP contribution < -0.4 is 10.6 Å². The lowest BCUT2D eigenvalue weighted by Gasteiger charge is -2.02. The summed E-state index contributed by atoms with van der Waals surface area (Å²) in [6.07, 6.45) is 4.25. The Morgan fingerprint density at radius 1 is 1.28 bits per heavy atom. The van der Waals surface area contributed by atoms with Crippen molar-refractivity contribution in [1.29, 1.82) is 0 Å². The molecule has 98 valence electrons. The van der Waals surface area contributed by atoms with E-state index in [9.17, 15) is 4.79 Å². The van der Waals surface area contributed by atoms with Gasteiger partial charge in [0.15, 0.2) is 0 Å². The van der Waals surface area contributed by atoms with E-state index < -0.39 is 0 Å². The van der Waals surface area contributed by atoms with Gasteiger partial charge in [0.1, 0.15) is 0 Å². The van der Waals surface area contributed by atoms with E-state index in [-0.39, 0.29) is 5.91 Å². The molecule has 0 unspecified atom stereocenters. The van der Waals surface area contributed by atoms with Crippen molar-refractivity contribution in [3.63, 3.8) is 0 Å². The monoisotopic (exact) mass is 266 g/mol. The van der Waals surface area contributed by atoms with Crippen LogP contribution in [0.25, 0.3) is 6.08 Å². The van der Waals surface area contributed by atoms with Gasteiger partial charge in [-0.05, 0) is 43.3 Å². The summed E-state index contributed by atoms with van der Waals surface area (Å²) in [5, 5.41) is 6.73. The molecule has 1 aromatic rings. The number of rotatable bonds is 7. The van der Waals surface area contributed by atoms with Crippen LogP contribution in [0.15, 0.2) is 30.3 Å². The van der Waals surface area contributed by atoms with Crippen LogP contribution in [0.4, 0.5) is 0 Å². The average Bonchev–Trinajstić information content (AvgIpc) is 2.38. The average molecular weight is 267 g/mol. The number of carbonyl (C=O) groups is 1. The van der Waals surface area contributed by atoms with E-state index in [2.05, 4.69) is 17.6 Å². The number of amides is 1. The number of benzene rings is 1. The van der Waals surface area contributed by atoms with Crippen LogP contribution >= 0.6 is 11.6 Å². The molecule has 0 spiro atoms. The molecule has 1 rings (SSSR count). The fourth-order valence-electron chi connectivity index (χ4n) is 1.41. The molecule has 0 aliphatic rings. The van der Waals surface area contributed by atoms with E-state index in [0.717, 1.165) is 25.1 Å². The van der Waals surface area contributed by atoms with E-state index in [1.807, 2.05) is 12.1 Å². The van der Waals surface area contributed by atoms with E-state index in [1.165, 1.54) is 6.08 Å². The van der Waals surface area contributed by atoms with Gasteiger partial charge in [0.05, 0.1) is 0 Å². The van der Waals surface area contributed by atoms with Crippen molar-refractivity contribution in [2.24, 2.45) is 0 Å². The van der Waals surface area contributed by atoms with Crippen LogP contribution in [0.2, 0.25) is 5.02 Å². The lowest BCUT2D eigenvalue weighted by molar-refractivity contribution is -0.116. The quantitative estimate of drug-likeness (QED) is 0.588. The third kappa shape index (κ3) is 6.42. The van der Waals surface area contributed by atoms with Crippen molar-refractivity contribution >= 4 is 23.6 Å². The van der Waals surface area contributed by atoms with Crippen molar-refractivity contribution in [1.82, 2.24) is 10.6 Å². The van der Waals surface area contributed by atoms with Gasteiger partial charge in [0.25, 0.3) is 0 Å². The molecule has 0 radical (unpaired) electrons. The van der Waals surface area contributed by atoms with E-state index in [1.54, 1.807) is 18.2 Å². The first-order chi connectivity index (χ1) is 8.72. The summed E-state index contributed by atoms with van der Waals surface area (Å²) in [5.74, 6) is -0.0681. The molecule has 1 amide bonds. The first-order valence-electron chi connectivity index (χ1n) is 6.14. The maximum atomic E-state index is 11.5. The normalized spacial score (nSPS) is 10.8. The molecule has 0 atom stereocenters. The summed E-state index contributed by atoms with van der Waals surface area (Å²) in [4.78, 5) is 11.5. The number of nitrogens with one attached hydrogen (secondary N) is 2. The highest BCUT2D eigenvalue weighted by atomic mass is 35.5. The van der Waals surface area contributed by atoms with Crippen LogP contribution in [0.3, 0.4) is 0 Å². The van der Waals surface area contributed by atoms with Crippen LogP contribution in [-0.4, -0.2) is 25.5 Å². The standard InChI is InChI=1S/C14H19ClN2O/c1-2-16-10-3-11-17-14(18)9-6-12-4-7-13(15)8-5-12/h4-9,16H,2-3,10-11H2,1H3,(H,17,18)/b9-6+. The maximum absolute atomic E-state index is 11.5. The largest absolute Gasteiger partial charge is 0.353 e. The van der Waals surface area contributed by atoms with Crippen molar-refractivity contribution in [3.05, 3.63) is 40.9 Å². The van der Waals surface area contributed by atoms with E-state index in [0.29, 0.717) is 11.6 Å². The molecular formula is C14H19ClN2O. The summed E-state index contributed by atoms with van der Waals surface area (Å²) in [6, 6.07) is 7.35. The summed E-state index contributed by atoms with van der Waals surface area (Å²) < 4.78 is 0. The highest BCUT2D eigenvalue weighted by Crippen LogP contribution is 2.10. The summed E-state index contributed by atoms with van der Waals surface area (Å²) in [6.45, 7) is 4.65.